The minimum atomic E-state index is -4.60. The van der Waals surface area contributed by atoms with E-state index in [4.69, 9.17) is 9.15 Å². The minimum absolute atomic E-state index is 0.0273. The number of aliphatic hydroxyl groups is 1. The third-order valence-electron chi connectivity index (χ3n) is 3.15. The Kier molecular flexibility index (Phi) is 4.48. The lowest BCUT2D eigenvalue weighted by Gasteiger charge is -2.11. The lowest BCUT2D eigenvalue weighted by atomic mass is 10.2. The van der Waals surface area contributed by atoms with E-state index in [1.807, 2.05) is 0 Å². The quantitative estimate of drug-likeness (QED) is 0.403. The van der Waals surface area contributed by atoms with E-state index in [1.54, 1.807) is 0 Å². The number of furan rings is 1. The monoisotopic (exact) mass is 365 g/mol. The number of rotatable bonds is 5. The van der Waals surface area contributed by atoms with Crippen LogP contribution in [0.15, 0.2) is 53.2 Å². The normalized spacial score (nSPS) is 12.2. The number of carbonyl (C=O) groups is 1. The number of hydrogen-bond acceptors (Lipinski definition) is 6. The summed E-state index contributed by atoms with van der Waals surface area (Å²) in [4.78, 5) is 15.7. The molecule has 3 aromatic rings. The second-order valence-electron chi connectivity index (χ2n) is 4.94. The summed E-state index contributed by atoms with van der Waals surface area (Å²) in [6.07, 6.45) is -2.64. The molecule has 2 N–H and O–H groups in total. The van der Waals surface area contributed by atoms with Crippen molar-refractivity contribution in [3.05, 3.63) is 65.9 Å². The van der Waals surface area contributed by atoms with E-state index in [0.717, 1.165) is 24.5 Å². The van der Waals surface area contributed by atoms with Gasteiger partial charge in [0.05, 0.1) is 5.56 Å². The van der Waals surface area contributed by atoms with Crippen LogP contribution in [0.4, 0.5) is 13.2 Å². The van der Waals surface area contributed by atoms with Crippen molar-refractivity contribution < 1.29 is 32.2 Å². The molecule has 26 heavy (non-hydrogen) atoms. The minimum Gasteiger partial charge on any atom is -0.504 e. The van der Waals surface area contributed by atoms with Crippen molar-refractivity contribution in [3.63, 3.8) is 0 Å². The predicted molar refractivity (Wildman–Crippen MR) is 81.5 cm³/mol. The van der Waals surface area contributed by atoms with E-state index in [9.17, 15) is 23.1 Å². The Morgan fingerprint density at radius 3 is 2.69 bits per heavy atom. The van der Waals surface area contributed by atoms with E-state index in [2.05, 4.69) is 15.2 Å². The summed E-state index contributed by atoms with van der Waals surface area (Å²) in [5, 5.41) is 15.6. The molecule has 0 aliphatic rings. The SMILES string of the molecule is O=C(C=C(O)c1ncn[nH]1)c1ccc(Oc2ccccc2C(F)(F)F)o1. The zero-order chi connectivity index (χ0) is 18.7. The molecule has 10 heteroatoms. The molecule has 0 amide bonds. The average molecular weight is 365 g/mol. The van der Waals surface area contributed by atoms with Gasteiger partial charge < -0.3 is 14.3 Å². The number of para-hydroxylation sites is 1. The van der Waals surface area contributed by atoms with Crippen LogP contribution >= 0.6 is 0 Å². The molecule has 0 aliphatic carbocycles. The number of hydrogen-bond donors (Lipinski definition) is 2. The summed E-state index contributed by atoms with van der Waals surface area (Å²) in [5.41, 5.74) is -0.980. The van der Waals surface area contributed by atoms with Gasteiger partial charge in [-0.1, -0.05) is 12.1 Å². The van der Waals surface area contributed by atoms with Crippen LogP contribution in [0.2, 0.25) is 0 Å². The molecule has 7 nitrogen and oxygen atoms in total. The van der Waals surface area contributed by atoms with Gasteiger partial charge in [0.2, 0.25) is 5.78 Å². The maximum Gasteiger partial charge on any atom is 0.419 e. The molecule has 0 spiro atoms. The lowest BCUT2D eigenvalue weighted by Crippen LogP contribution is -2.06. The van der Waals surface area contributed by atoms with Gasteiger partial charge in [0, 0.05) is 12.1 Å². The molecule has 0 fully saturated rings. The maximum absolute atomic E-state index is 12.9. The lowest BCUT2D eigenvalue weighted by molar-refractivity contribution is -0.138. The highest BCUT2D eigenvalue weighted by atomic mass is 19.4. The van der Waals surface area contributed by atoms with E-state index in [-0.39, 0.29) is 17.5 Å². The molecule has 0 radical (unpaired) electrons. The third kappa shape index (κ3) is 3.74. The molecule has 134 valence electrons. The third-order valence-corrected chi connectivity index (χ3v) is 3.15. The Labute approximate surface area is 143 Å². The van der Waals surface area contributed by atoms with E-state index in [1.165, 1.54) is 24.3 Å². The Hall–Kier alpha value is -3.56. The number of aromatic amines is 1. The zero-order valence-electron chi connectivity index (χ0n) is 12.8. The van der Waals surface area contributed by atoms with Crippen LogP contribution in [0.5, 0.6) is 11.7 Å². The van der Waals surface area contributed by atoms with Gasteiger partial charge in [-0.25, -0.2) is 4.98 Å². The first-order chi connectivity index (χ1) is 12.3. The number of allylic oxidation sites excluding steroid dienone is 1. The molecule has 0 unspecified atom stereocenters. The average Bonchev–Trinajstić information content (AvgIpc) is 3.26. The predicted octanol–water partition coefficient (Wildman–Crippen LogP) is 3.99. The van der Waals surface area contributed by atoms with Gasteiger partial charge in [0.25, 0.3) is 5.95 Å². The van der Waals surface area contributed by atoms with Gasteiger partial charge in [-0.05, 0) is 18.2 Å². The van der Waals surface area contributed by atoms with Crippen molar-refractivity contribution >= 4 is 11.5 Å². The highest BCUT2D eigenvalue weighted by Gasteiger charge is 2.34. The van der Waals surface area contributed by atoms with E-state index in [0.29, 0.717) is 0 Å². The van der Waals surface area contributed by atoms with E-state index < -0.39 is 29.0 Å². The number of H-pyrrole nitrogens is 1. The number of aliphatic hydroxyl groups excluding tert-OH is 1. The second kappa shape index (κ2) is 6.75. The van der Waals surface area contributed by atoms with Crippen LogP contribution in [0.3, 0.4) is 0 Å². The first-order valence-electron chi connectivity index (χ1n) is 7.09. The topological polar surface area (TPSA) is 101 Å². The Morgan fingerprint density at radius 1 is 1.23 bits per heavy atom. The highest BCUT2D eigenvalue weighted by molar-refractivity contribution is 6.05. The van der Waals surface area contributed by atoms with Crippen LogP contribution in [0.1, 0.15) is 21.9 Å². The first-order valence-corrected chi connectivity index (χ1v) is 7.09. The number of halogens is 3. The smallest absolute Gasteiger partial charge is 0.419 e. The summed E-state index contributed by atoms with van der Waals surface area (Å²) in [7, 11) is 0. The van der Waals surface area contributed by atoms with Gasteiger partial charge in [-0.15, -0.1) is 0 Å². The van der Waals surface area contributed by atoms with Gasteiger partial charge in [-0.3, -0.25) is 9.89 Å². The number of benzene rings is 1. The van der Waals surface area contributed by atoms with Crippen molar-refractivity contribution in [3.8, 4) is 11.7 Å². The fraction of sp³-hybridized carbons (Fsp3) is 0.0625. The van der Waals surface area contributed by atoms with Crippen LogP contribution in [-0.2, 0) is 6.18 Å². The van der Waals surface area contributed by atoms with Crippen molar-refractivity contribution in [1.82, 2.24) is 15.2 Å². The fourth-order valence-corrected chi connectivity index (χ4v) is 2.00. The molecule has 2 heterocycles. The highest BCUT2D eigenvalue weighted by Crippen LogP contribution is 2.38. The van der Waals surface area contributed by atoms with Gasteiger partial charge in [0.15, 0.2) is 17.3 Å². The number of nitrogens with zero attached hydrogens (tertiary/aromatic N) is 2. The molecule has 0 atom stereocenters. The van der Waals surface area contributed by atoms with Crippen molar-refractivity contribution in [2.45, 2.75) is 6.18 Å². The molecule has 3 rings (SSSR count). The molecule has 0 aliphatic heterocycles. The summed E-state index contributed by atoms with van der Waals surface area (Å²) in [6, 6.07) is 6.99. The fourth-order valence-electron chi connectivity index (χ4n) is 2.00. The molecule has 0 bridgehead atoms. The van der Waals surface area contributed by atoms with Crippen LogP contribution in [0.25, 0.3) is 5.76 Å². The Morgan fingerprint density at radius 2 is 2.00 bits per heavy atom. The largest absolute Gasteiger partial charge is 0.504 e. The Balaban J connectivity index is 1.79. The molecule has 2 aromatic heterocycles. The number of carbonyl (C=O) groups excluding carboxylic acids is 1. The summed E-state index contributed by atoms with van der Waals surface area (Å²) in [6.45, 7) is 0. The Bertz CT molecular complexity index is 946. The van der Waals surface area contributed by atoms with Crippen LogP contribution in [-0.4, -0.2) is 26.1 Å². The van der Waals surface area contributed by atoms with Crippen molar-refractivity contribution in [2.24, 2.45) is 0 Å². The van der Waals surface area contributed by atoms with Crippen molar-refractivity contribution in [1.29, 1.82) is 0 Å². The van der Waals surface area contributed by atoms with Gasteiger partial charge in [-0.2, -0.15) is 18.3 Å². The summed E-state index contributed by atoms with van der Waals surface area (Å²) < 4.78 is 49.0. The van der Waals surface area contributed by atoms with Crippen LogP contribution < -0.4 is 4.74 Å². The molecular formula is C16H10F3N3O4. The molecule has 0 saturated carbocycles. The number of alkyl halides is 3. The number of ether oxygens (including phenoxy) is 1. The summed E-state index contributed by atoms with van der Waals surface area (Å²) in [5.74, 6) is -2.26. The number of ketones is 1. The van der Waals surface area contributed by atoms with Crippen LogP contribution in [0, 0.1) is 0 Å². The van der Waals surface area contributed by atoms with Crippen molar-refractivity contribution in [2.75, 3.05) is 0 Å². The molecule has 0 saturated heterocycles. The van der Waals surface area contributed by atoms with Gasteiger partial charge in [0.1, 0.15) is 12.1 Å². The summed E-state index contributed by atoms with van der Waals surface area (Å²) >= 11 is 0. The van der Waals surface area contributed by atoms with Gasteiger partial charge >= 0.3 is 6.18 Å². The second-order valence-corrected chi connectivity index (χ2v) is 4.94. The zero-order valence-corrected chi connectivity index (χ0v) is 12.8. The standard InChI is InChI=1S/C16H10F3N3O4/c17-16(18,19)9-3-1-2-4-12(9)25-14-6-5-13(26-14)10(23)7-11(24)15-20-8-21-22-15/h1-8,24H,(H,20,21,22). The number of aromatic nitrogens is 3. The first kappa shape index (κ1) is 17.3. The van der Waals surface area contributed by atoms with E-state index >= 15 is 0 Å². The molecular weight excluding hydrogens is 355 g/mol. The number of nitrogens with one attached hydrogen (secondary N) is 1. The molecule has 1 aromatic carbocycles. The maximum atomic E-state index is 12.9.